The molecule has 0 unspecified atom stereocenters. The topological polar surface area (TPSA) is 30.7 Å². The number of aryl methyl sites for hydroxylation is 1. The van der Waals surface area contributed by atoms with Crippen molar-refractivity contribution >= 4 is 6.20 Å². The summed E-state index contributed by atoms with van der Waals surface area (Å²) >= 11 is 0. The average molecular weight is 163 g/mol. The normalized spacial score (nSPS) is 11.7. The van der Waals surface area contributed by atoms with Crippen LogP contribution in [0.25, 0.3) is 6.20 Å². The average Bonchev–Trinajstić information content (AvgIpc) is 2.51. The Kier molecular flexibility index (Phi) is 2.80. The maximum Gasteiger partial charge on any atom is 0.138 e. The van der Waals surface area contributed by atoms with Crippen molar-refractivity contribution in [2.75, 3.05) is 0 Å². The van der Waals surface area contributed by atoms with Crippen molar-refractivity contribution in [3.05, 3.63) is 30.4 Å². The van der Waals surface area contributed by atoms with Gasteiger partial charge in [0.1, 0.15) is 12.2 Å². The fraction of sp³-hybridized carbons (Fsp3) is 0.333. The molecule has 1 aromatic heterocycles. The van der Waals surface area contributed by atoms with Gasteiger partial charge in [0.2, 0.25) is 0 Å². The Morgan fingerprint density at radius 2 is 2.50 bits per heavy atom. The van der Waals surface area contributed by atoms with E-state index in [1.807, 2.05) is 13.1 Å². The van der Waals surface area contributed by atoms with Gasteiger partial charge in [-0.15, -0.1) is 0 Å². The molecule has 0 aromatic carbocycles. The van der Waals surface area contributed by atoms with Crippen LogP contribution in [0.2, 0.25) is 0 Å². The molecule has 12 heavy (non-hydrogen) atoms. The van der Waals surface area contributed by atoms with E-state index in [0.717, 1.165) is 17.8 Å². The van der Waals surface area contributed by atoms with Gasteiger partial charge in [-0.2, -0.15) is 5.10 Å². The fourth-order valence-corrected chi connectivity index (χ4v) is 0.881. The van der Waals surface area contributed by atoms with Crippen molar-refractivity contribution in [2.24, 2.45) is 0 Å². The summed E-state index contributed by atoms with van der Waals surface area (Å²) in [7, 11) is 0. The van der Waals surface area contributed by atoms with Crippen molar-refractivity contribution in [1.82, 2.24) is 14.8 Å². The first-order chi connectivity index (χ1) is 5.77. The number of allylic oxidation sites excluding steroid dienone is 2. The van der Waals surface area contributed by atoms with Crippen LogP contribution in [0.1, 0.15) is 19.7 Å². The lowest BCUT2D eigenvalue weighted by molar-refractivity contribution is 0.838. The molecule has 3 heteroatoms. The molecule has 0 aliphatic heterocycles. The summed E-state index contributed by atoms with van der Waals surface area (Å²) in [6, 6.07) is 0. The minimum Gasteiger partial charge on any atom is -0.225 e. The molecule has 3 nitrogen and oxygen atoms in total. The first-order valence-corrected chi connectivity index (χ1v) is 3.97. The molecule has 0 saturated carbocycles. The van der Waals surface area contributed by atoms with Gasteiger partial charge in [-0.3, -0.25) is 0 Å². The molecule has 0 fully saturated rings. The molecular weight excluding hydrogens is 150 g/mol. The monoisotopic (exact) mass is 163 g/mol. The summed E-state index contributed by atoms with van der Waals surface area (Å²) in [6.45, 7) is 7.70. The lowest BCUT2D eigenvalue weighted by atomic mass is 10.3. The summed E-state index contributed by atoms with van der Waals surface area (Å²) in [5, 5.41) is 4.06. The highest BCUT2D eigenvalue weighted by molar-refractivity contribution is 5.35. The number of nitrogens with zero attached hydrogens (tertiary/aromatic N) is 3. The molecule has 0 bridgehead atoms. The molecular formula is C9H13N3. The van der Waals surface area contributed by atoms with Crippen molar-refractivity contribution in [3.63, 3.8) is 0 Å². The van der Waals surface area contributed by atoms with E-state index in [2.05, 4.69) is 23.6 Å². The third-order valence-electron chi connectivity index (χ3n) is 1.61. The first kappa shape index (κ1) is 8.71. The van der Waals surface area contributed by atoms with Crippen LogP contribution in [-0.2, 0) is 6.42 Å². The molecule has 1 heterocycles. The second-order valence-electron chi connectivity index (χ2n) is 2.55. The Hall–Kier alpha value is -1.38. The predicted molar refractivity (Wildman–Crippen MR) is 49.5 cm³/mol. The van der Waals surface area contributed by atoms with Crippen LogP contribution in [0.5, 0.6) is 0 Å². The van der Waals surface area contributed by atoms with Crippen molar-refractivity contribution < 1.29 is 0 Å². The van der Waals surface area contributed by atoms with Crippen LogP contribution in [0.4, 0.5) is 0 Å². The van der Waals surface area contributed by atoms with E-state index in [1.165, 1.54) is 0 Å². The third-order valence-corrected chi connectivity index (χ3v) is 1.61. The standard InChI is InChI=1S/C9H13N3/c1-4-8(3)6-12-9(5-2)10-7-11-12/h4,6-7H,1,5H2,2-3H3/b8-6-. The van der Waals surface area contributed by atoms with Gasteiger partial charge in [-0.25, -0.2) is 9.67 Å². The zero-order valence-electron chi connectivity index (χ0n) is 7.49. The van der Waals surface area contributed by atoms with Gasteiger partial charge in [-0.1, -0.05) is 19.6 Å². The van der Waals surface area contributed by atoms with Gasteiger partial charge in [0.05, 0.1) is 0 Å². The number of rotatable bonds is 3. The summed E-state index contributed by atoms with van der Waals surface area (Å²) in [4.78, 5) is 4.10. The minimum atomic E-state index is 0.890. The molecule has 0 aliphatic carbocycles. The summed E-state index contributed by atoms with van der Waals surface area (Å²) in [6.07, 6.45) is 6.16. The smallest absolute Gasteiger partial charge is 0.138 e. The van der Waals surface area contributed by atoms with Gasteiger partial charge in [0.15, 0.2) is 0 Å². The third kappa shape index (κ3) is 1.81. The predicted octanol–water partition coefficient (Wildman–Crippen LogP) is 1.89. The largest absolute Gasteiger partial charge is 0.225 e. The summed E-state index contributed by atoms with van der Waals surface area (Å²) < 4.78 is 1.77. The van der Waals surface area contributed by atoms with Crippen LogP contribution >= 0.6 is 0 Å². The Bertz CT molecular complexity index is 296. The van der Waals surface area contributed by atoms with Gasteiger partial charge in [-0.05, 0) is 12.5 Å². The lowest BCUT2D eigenvalue weighted by Crippen LogP contribution is -1.96. The minimum absolute atomic E-state index is 0.890. The summed E-state index contributed by atoms with van der Waals surface area (Å²) in [5.41, 5.74) is 1.08. The first-order valence-electron chi connectivity index (χ1n) is 3.97. The molecule has 1 rings (SSSR count). The van der Waals surface area contributed by atoms with Crippen LogP contribution < -0.4 is 0 Å². The number of hydrogen-bond donors (Lipinski definition) is 0. The fourth-order valence-electron chi connectivity index (χ4n) is 0.881. The van der Waals surface area contributed by atoms with E-state index in [4.69, 9.17) is 0 Å². The van der Waals surface area contributed by atoms with Gasteiger partial charge in [0, 0.05) is 12.6 Å². The Morgan fingerprint density at radius 3 is 3.08 bits per heavy atom. The molecule has 0 saturated heterocycles. The Balaban J connectivity index is 2.94. The van der Waals surface area contributed by atoms with Gasteiger partial charge < -0.3 is 0 Å². The zero-order valence-corrected chi connectivity index (χ0v) is 7.49. The van der Waals surface area contributed by atoms with E-state index in [-0.39, 0.29) is 0 Å². The molecule has 0 spiro atoms. The molecule has 0 aliphatic rings. The van der Waals surface area contributed by atoms with Crippen LogP contribution in [0, 0.1) is 0 Å². The lowest BCUT2D eigenvalue weighted by Gasteiger charge is -1.97. The van der Waals surface area contributed by atoms with Crippen molar-refractivity contribution in [2.45, 2.75) is 20.3 Å². The second kappa shape index (κ2) is 3.85. The van der Waals surface area contributed by atoms with Crippen LogP contribution in [0.3, 0.4) is 0 Å². The van der Waals surface area contributed by atoms with E-state index >= 15 is 0 Å². The molecule has 0 atom stereocenters. The second-order valence-corrected chi connectivity index (χ2v) is 2.55. The molecule has 1 aromatic rings. The summed E-state index contributed by atoms with van der Waals surface area (Å²) in [5.74, 6) is 0.969. The molecule has 64 valence electrons. The van der Waals surface area contributed by atoms with E-state index in [9.17, 15) is 0 Å². The van der Waals surface area contributed by atoms with Gasteiger partial charge in [0.25, 0.3) is 0 Å². The maximum atomic E-state index is 4.10. The maximum absolute atomic E-state index is 4.10. The quantitative estimate of drug-likeness (QED) is 0.637. The molecule has 0 radical (unpaired) electrons. The Morgan fingerprint density at radius 1 is 1.75 bits per heavy atom. The van der Waals surface area contributed by atoms with Crippen LogP contribution in [-0.4, -0.2) is 14.8 Å². The highest BCUT2D eigenvalue weighted by Gasteiger charge is 1.96. The molecule has 0 amide bonds. The Labute approximate surface area is 72.4 Å². The van der Waals surface area contributed by atoms with E-state index in [1.54, 1.807) is 17.1 Å². The highest BCUT2D eigenvalue weighted by Crippen LogP contribution is 2.00. The van der Waals surface area contributed by atoms with Crippen molar-refractivity contribution in [1.29, 1.82) is 0 Å². The number of aromatic nitrogens is 3. The highest BCUT2D eigenvalue weighted by atomic mass is 15.3. The zero-order chi connectivity index (χ0) is 8.97. The van der Waals surface area contributed by atoms with E-state index < -0.39 is 0 Å². The van der Waals surface area contributed by atoms with Crippen molar-refractivity contribution in [3.8, 4) is 0 Å². The molecule has 0 N–H and O–H groups in total. The van der Waals surface area contributed by atoms with Crippen LogP contribution in [0.15, 0.2) is 24.6 Å². The SMILES string of the molecule is C=C/C(C)=C\n1ncnc1CC. The van der Waals surface area contributed by atoms with Gasteiger partial charge >= 0.3 is 0 Å². The van der Waals surface area contributed by atoms with E-state index in [0.29, 0.717) is 0 Å². The number of hydrogen-bond acceptors (Lipinski definition) is 2.